The van der Waals surface area contributed by atoms with Gasteiger partial charge in [0, 0.05) is 30.1 Å². The lowest BCUT2D eigenvalue weighted by Crippen LogP contribution is -2.19. The van der Waals surface area contributed by atoms with Crippen molar-refractivity contribution in [1.82, 2.24) is 9.88 Å². The summed E-state index contributed by atoms with van der Waals surface area (Å²) in [6.07, 6.45) is 3.21. The lowest BCUT2D eigenvalue weighted by atomic mass is 10.1. The molecule has 0 radical (unpaired) electrons. The molecule has 0 aliphatic carbocycles. The minimum Gasteiger partial charge on any atom is -0.305 e. The number of nitrogens with zero attached hydrogens (tertiary/aromatic N) is 2. The highest BCUT2D eigenvalue weighted by Crippen LogP contribution is 2.05. The number of Topliss-reactive ketones (excluding diaryl/α,β-unsaturated/α-hetero) is 1. The van der Waals surface area contributed by atoms with Crippen LogP contribution in [0.15, 0.2) is 36.7 Å². The highest BCUT2D eigenvalue weighted by atomic mass is 16.1. The molecule has 1 rings (SSSR count). The number of rotatable bonds is 4. The van der Waals surface area contributed by atoms with Gasteiger partial charge in [-0.25, -0.2) is 0 Å². The van der Waals surface area contributed by atoms with Crippen LogP contribution in [0.2, 0.25) is 0 Å². The van der Waals surface area contributed by atoms with Crippen LogP contribution in [0.25, 0.3) is 0 Å². The zero-order chi connectivity index (χ0) is 10.6. The highest BCUT2D eigenvalue weighted by molar-refractivity contribution is 6.08. The van der Waals surface area contributed by atoms with E-state index in [0.717, 1.165) is 0 Å². The van der Waals surface area contributed by atoms with Crippen molar-refractivity contribution < 1.29 is 4.79 Å². The molecule has 1 aromatic rings. The second-order valence-corrected chi connectivity index (χ2v) is 3.41. The Morgan fingerprint density at radius 1 is 1.43 bits per heavy atom. The smallest absolute Gasteiger partial charge is 0.189 e. The molecule has 0 amide bonds. The summed E-state index contributed by atoms with van der Waals surface area (Å²) in [4.78, 5) is 17.5. The lowest BCUT2D eigenvalue weighted by Gasteiger charge is -2.10. The quantitative estimate of drug-likeness (QED) is 0.531. The molecule has 0 N–H and O–H groups in total. The molecule has 0 unspecified atom stereocenters. The number of carbonyl (C=O) groups is 1. The van der Waals surface area contributed by atoms with Crippen LogP contribution in [0.3, 0.4) is 0 Å². The number of likely N-dealkylation sites (N-methyl/N-ethyl adjacent to an activating group) is 1. The fourth-order valence-corrected chi connectivity index (χ4v) is 1.16. The van der Waals surface area contributed by atoms with E-state index in [2.05, 4.69) is 11.6 Å². The second-order valence-electron chi connectivity index (χ2n) is 3.41. The van der Waals surface area contributed by atoms with Crippen LogP contribution < -0.4 is 0 Å². The molecule has 1 heterocycles. The largest absolute Gasteiger partial charge is 0.305 e. The van der Waals surface area contributed by atoms with E-state index in [0.29, 0.717) is 17.7 Å². The van der Waals surface area contributed by atoms with E-state index in [-0.39, 0.29) is 5.78 Å². The molecule has 14 heavy (non-hydrogen) atoms. The maximum atomic E-state index is 11.7. The van der Waals surface area contributed by atoms with Crippen LogP contribution in [0.1, 0.15) is 10.4 Å². The predicted octanol–water partition coefficient (Wildman–Crippen LogP) is 1.38. The Balaban J connectivity index is 2.72. The summed E-state index contributed by atoms with van der Waals surface area (Å²) in [6, 6.07) is 3.40. The molecule has 0 aliphatic rings. The standard InChI is InChI=1S/C11H14N2O/c1-9(8-13(2)3)11(14)10-4-6-12-7-5-10/h4-7H,1,8H2,2-3H3. The minimum absolute atomic E-state index is 0.0129. The van der Waals surface area contributed by atoms with Gasteiger partial charge in [0.15, 0.2) is 5.78 Å². The van der Waals surface area contributed by atoms with E-state index in [1.807, 2.05) is 19.0 Å². The second kappa shape index (κ2) is 4.67. The Morgan fingerprint density at radius 2 is 2.00 bits per heavy atom. The van der Waals surface area contributed by atoms with Gasteiger partial charge < -0.3 is 4.90 Å². The summed E-state index contributed by atoms with van der Waals surface area (Å²) in [7, 11) is 3.82. The van der Waals surface area contributed by atoms with Crippen LogP contribution in [-0.2, 0) is 0 Å². The zero-order valence-corrected chi connectivity index (χ0v) is 8.53. The summed E-state index contributed by atoms with van der Waals surface area (Å²) >= 11 is 0. The van der Waals surface area contributed by atoms with E-state index >= 15 is 0 Å². The molecular formula is C11H14N2O. The van der Waals surface area contributed by atoms with Gasteiger partial charge in [-0.15, -0.1) is 0 Å². The number of hydrogen-bond donors (Lipinski definition) is 0. The normalized spacial score (nSPS) is 10.2. The first-order valence-electron chi connectivity index (χ1n) is 4.38. The first-order chi connectivity index (χ1) is 6.61. The third kappa shape index (κ3) is 2.78. The molecule has 0 aromatic carbocycles. The third-order valence-corrected chi connectivity index (χ3v) is 1.77. The maximum absolute atomic E-state index is 11.7. The average molecular weight is 190 g/mol. The molecular weight excluding hydrogens is 176 g/mol. The van der Waals surface area contributed by atoms with Crippen molar-refractivity contribution in [3.05, 3.63) is 42.2 Å². The molecule has 0 saturated carbocycles. The van der Waals surface area contributed by atoms with Crippen molar-refractivity contribution >= 4 is 5.78 Å². The number of aromatic nitrogens is 1. The molecule has 0 fully saturated rings. The van der Waals surface area contributed by atoms with Gasteiger partial charge >= 0.3 is 0 Å². The molecule has 0 spiro atoms. The Labute approximate surface area is 84.1 Å². The topological polar surface area (TPSA) is 33.2 Å². The lowest BCUT2D eigenvalue weighted by molar-refractivity contribution is 0.102. The van der Waals surface area contributed by atoms with Crippen LogP contribution in [0, 0.1) is 0 Å². The van der Waals surface area contributed by atoms with Crippen molar-refractivity contribution in [2.75, 3.05) is 20.6 Å². The van der Waals surface area contributed by atoms with Gasteiger partial charge in [-0.05, 0) is 26.2 Å². The zero-order valence-electron chi connectivity index (χ0n) is 8.53. The number of ketones is 1. The van der Waals surface area contributed by atoms with Crippen molar-refractivity contribution in [2.24, 2.45) is 0 Å². The van der Waals surface area contributed by atoms with Gasteiger partial charge in [-0.1, -0.05) is 6.58 Å². The first-order valence-corrected chi connectivity index (χ1v) is 4.38. The van der Waals surface area contributed by atoms with Crippen molar-refractivity contribution in [3.63, 3.8) is 0 Å². The fraction of sp³-hybridized carbons (Fsp3) is 0.273. The highest BCUT2D eigenvalue weighted by Gasteiger charge is 2.09. The van der Waals surface area contributed by atoms with Gasteiger partial charge in [0.2, 0.25) is 0 Å². The SMILES string of the molecule is C=C(CN(C)C)C(=O)c1ccncc1. The van der Waals surface area contributed by atoms with Gasteiger partial charge in [0.05, 0.1) is 0 Å². The van der Waals surface area contributed by atoms with Crippen LogP contribution in [0.4, 0.5) is 0 Å². The molecule has 1 aromatic heterocycles. The molecule has 0 bridgehead atoms. The Morgan fingerprint density at radius 3 is 2.50 bits per heavy atom. The Bertz CT molecular complexity index is 330. The molecule has 0 aliphatic heterocycles. The van der Waals surface area contributed by atoms with E-state index < -0.39 is 0 Å². The number of carbonyl (C=O) groups excluding carboxylic acids is 1. The Kier molecular flexibility index (Phi) is 3.54. The average Bonchev–Trinajstić information content (AvgIpc) is 2.17. The van der Waals surface area contributed by atoms with E-state index in [4.69, 9.17) is 0 Å². The monoisotopic (exact) mass is 190 g/mol. The molecule has 0 saturated heterocycles. The summed E-state index contributed by atoms with van der Waals surface area (Å²) in [5, 5.41) is 0. The van der Waals surface area contributed by atoms with E-state index in [1.54, 1.807) is 24.5 Å². The summed E-state index contributed by atoms with van der Waals surface area (Å²) in [5.74, 6) is -0.0129. The fourth-order valence-electron chi connectivity index (χ4n) is 1.16. The van der Waals surface area contributed by atoms with Crippen LogP contribution in [-0.4, -0.2) is 36.3 Å². The van der Waals surface area contributed by atoms with Crippen LogP contribution in [0.5, 0.6) is 0 Å². The van der Waals surface area contributed by atoms with Crippen LogP contribution >= 0.6 is 0 Å². The van der Waals surface area contributed by atoms with Crippen molar-refractivity contribution in [1.29, 1.82) is 0 Å². The molecule has 3 nitrogen and oxygen atoms in total. The predicted molar refractivity (Wildman–Crippen MR) is 56.3 cm³/mol. The summed E-state index contributed by atoms with van der Waals surface area (Å²) in [5.41, 5.74) is 1.24. The third-order valence-electron chi connectivity index (χ3n) is 1.77. The van der Waals surface area contributed by atoms with Gasteiger partial charge in [0.25, 0.3) is 0 Å². The molecule has 0 atom stereocenters. The Hall–Kier alpha value is -1.48. The number of pyridine rings is 1. The van der Waals surface area contributed by atoms with Gasteiger partial charge in [-0.2, -0.15) is 0 Å². The molecule has 3 heteroatoms. The van der Waals surface area contributed by atoms with Crippen molar-refractivity contribution in [2.45, 2.75) is 0 Å². The van der Waals surface area contributed by atoms with E-state index in [1.165, 1.54) is 0 Å². The van der Waals surface area contributed by atoms with Crippen molar-refractivity contribution in [3.8, 4) is 0 Å². The number of hydrogen-bond acceptors (Lipinski definition) is 3. The van der Waals surface area contributed by atoms with Gasteiger partial charge in [-0.3, -0.25) is 9.78 Å². The van der Waals surface area contributed by atoms with Gasteiger partial charge in [0.1, 0.15) is 0 Å². The minimum atomic E-state index is -0.0129. The maximum Gasteiger partial charge on any atom is 0.189 e. The first kappa shape index (κ1) is 10.6. The summed E-state index contributed by atoms with van der Waals surface area (Å²) < 4.78 is 0. The summed E-state index contributed by atoms with van der Waals surface area (Å²) in [6.45, 7) is 4.34. The molecule has 74 valence electrons. The van der Waals surface area contributed by atoms with E-state index in [9.17, 15) is 4.79 Å².